The Hall–Kier alpha value is -0.280. The predicted molar refractivity (Wildman–Crippen MR) is 80.5 cm³/mol. The zero-order chi connectivity index (χ0) is 13.8. The number of rotatable bonds is 5. The zero-order valence-corrected chi connectivity index (χ0v) is 13.0. The zero-order valence-electron chi connectivity index (χ0n) is 11.5. The Morgan fingerprint density at radius 3 is 2.50 bits per heavy atom. The van der Waals surface area contributed by atoms with Crippen LogP contribution in [-0.4, -0.2) is 18.1 Å². The summed E-state index contributed by atoms with van der Waals surface area (Å²) >= 11 is 12.1. The monoisotopic (exact) mass is 288 g/mol. The lowest BCUT2D eigenvalue weighted by Crippen LogP contribution is -2.44. The normalized spacial score (nSPS) is 13.7. The van der Waals surface area contributed by atoms with Gasteiger partial charge in [-0.1, -0.05) is 35.3 Å². The number of nitrogens with one attached hydrogen (secondary N) is 2. The van der Waals surface area contributed by atoms with E-state index in [0.29, 0.717) is 16.1 Å². The summed E-state index contributed by atoms with van der Waals surface area (Å²) in [6, 6.07) is 6.09. The second-order valence-electron chi connectivity index (χ2n) is 5.63. The summed E-state index contributed by atoms with van der Waals surface area (Å²) < 4.78 is 0. The third kappa shape index (κ3) is 5.57. The number of hydrogen-bond acceptors (Lipinski definition) is 2. The summed E-state index contributed by atoms with van der Waals surface area (Å²) in [5, 5.41) is 8.15. The molecule has 0 aliphatic rings. The summed E-state index contributed by atoms with van der Waals surface area (Å²) in [6.07, 6.45) is 0. The Labute approximate surface area is 120 Å². The van der Waals surface area contributed by atoms with Crippen molar-refractivity contribution in [3.63, 3.8) is 0 Å². The van der Waals surface area contributed by atoms with E-state index in [2.05, 4.69) is 38.3 Å². The van der Waals surface area contributed by atoms with Crippen molar-refractivity contribution in [3.05, 3.63) is 33.8 Å². The van der Waals surface area contributed by atoms with Crippen LogP contribution in [-0.2, 0) is 6.54 Å². The lowest BCUT2D eigenvalue weighted by Gasteiger charge is -2.24. The lowest BCUT2D eigenvalue weighted by atomic mass is 10.1. The van der Waals surface area contributed by atoms with Gasteiger partial charge in [-0.25, -0.2) is 0 Å². The van der Waals surface area contributed by atoms with E-state index in [4.69, 9.17) is 23.2 Å². The molecule has 102 valence electrons. The minimum Gasteiger partial charge on any atom is -0.311 e. The van der Waals surface area contributed by atoms with Gasteiger partial charge in [0.1, 0.15) is 0 Å². The Morgan fingerprint density at radius 1 is 1.22 bits per heavy atom. The molecule has 0 saturated carbocycles. The number of halogens is 2. The fourth-order valence-electron chi connectivity index (χ4n) is 1.50. The Morgan fingerprint density at radius 2 is 1.89 bits per heavy atom. The molecule has 1 aromatic carbocycles. The molecule has 0 saturated heterocycles. The molecule has 0 aliphatic heterocycles. The molecule has 0 spiro atoms. The fourth-order valence-corrected chi connectivity index (χ4v) is 1.89. The first-order valence-electron chi connectivity index (χ1n) is 6.21. The first-order valence-corrected chi connectivity index (χ1v) is 6.96. The molecule has 2 N–H and O–H groups in total. The van der Waals surface area contributed by atoms with Gasteiger partial charge in [0.2, 0.25) is 0 Å². The Kier molecular flexibility index (Phi) is 5.93. The molecule has 0 aromatic heterocycles. The van der Waals surface area contributed by atoms with Crippen molar-refractivity contribution < 1.29 is 0 Å². The van der Waals surface area contributed by atoms with Gasteiger partial charge < -0.3 is 10.6 Å². The largest absolute Gasteiger partial charge is 0.311 e. The molecular weight excluding hydrogens is 267 g/mol. The van der Waals surface area contributed by atoms with Gasteiger partial charge in [0, 0.05) is 24.7 Å². The van der Waals surface area contributed by atoms with Gasteiger partial charge in [-0.05, 0) is 39.3 Å². The second-order valence-corrected chi connectivity index (χ2v) is 6.41. The molecule has 0 heterocycles. The van der Waals surface area contributed by atoms with Crippen molar-refractivity contribution in [2.45, 2.75) is 45.8 Å². The highest BCUT2D eigenvalue weighted by Crippen LogP contribution is 2.25. The third-order valence-electron chi connectivity index (χ3n) is 2.61. The summed E-state index contributed by atoms with van der Waals surface area (Å²) in [4.78, 5) is 0. The van der Waals surface area contributed by atoms with Crippen LogP contribution in [0.2, 0.25) is 10.0 Å². The van der Waals surface area contributed by atoms with Crippen molar-refractivity contribution >= 4 is 23.2 Å². The number of benzene rings is 1. The van der Waals surface area contributed by atoms with E-state index in [1.54, 1.807) is 6.07 Å². The van der Waals surface area contributed by atoms with Gasteiger partial charge in [-0.2, -0.15) is 0 Å². The smallest absolute Gasteiger partial charge is 0.0637 e. The molecule has 18 heavy (non-hydrogen) atoms. The van der Waals surface area contributed by atoms with Crippen LogP contribution in [0.3, 0.4) is 0 Å². The van der Waals surface area contributed by atoms with Crippen LogP contribution in [0, 0.1) is 0 Å². The van der Waals surface area contributed by atoms with Gasteiger partial charge in [-0.15, -0.1) is 0 Å². The van der Waals surface area contributed by atoms with E-state index in [0.717, 1.165) is 18.7 Å². The maximum atomic E-state index is 6.14. The van der Waals surface area contributed by atoms with E-state index < -0.39 is 0 Å². The van der Waals surface area contributed by atoms with Crippen LogP contribution < -0.4 is 10.6 Å². The molecule has 1 aromatic rings. The predicted octanol–water partition coefficient (Wildman–Crippen LogP) is 3.86. The standard InChI is InChI=1S/C14H22Cl2N2/c1-10(8-18-14(2,3)4)17-9-11-6-5-7-12(15)13(11)16/h5-7,10,17-18H,8-9H2,1-4H3. The lowest BCUT2D eigenvalue weighted by molar-refractivity contribution is 0.387. The summed E-state index contributed by atoms with van der Waals surface area (Å²) in [5.74, 6) is 0. The Bertz CT molecular complexity index is 386. The van der Waals surface area contributed by atoms with Crippen LogP contribution in [0.15, 0.2) is 18.2 Å². The van der Waals surface area contributed by atoms with E-state index in [9.17, 15) is 0 Å². The second kappa shape index (κ2) is 6.76. The first-order chi connectivity index (χ1) is 8.29. The first kappa shape index (κ1) is 15.8. The third-order valence-corrected chi connectivity index (χ3v) is 3.47. The van der Waals surface area contributed by atoms with E-state index in [1.807, 2.05) is 12.1 Å². The minimum absolute atomic E-state index is 0.143. The van der Waals surface area contributed by atoms with E-state index in [1.165, 1.54) is 0 Å². The summed E-state index contributed by atoms with van der Waals surface area (Å²) in [7, 11) is 0. The van der Waals surface area contributed by atoms with Crippen molar-refractivity contribution in [2.75, 3.05) is 6.54 Å². The topological polar surface area (TPSA) is 24.1 Å². The number of hydrogen-bond donors (Lipinski definition) is 2. The average Bonchev–Trinajstić information content (AvgIpc) is 2.27. The summed E-state index contributed by atoms with van der Waals surface area (Å²) in [5.41, 5.74) is 1.18. The maximum Gasteiger partial charge on any atom is 0.0637 e. The van der Waals surface area contributed by atoms with Crippen LogP contribution in [0.1, 0.15) is 33.3 Å². The van der Waals surface area contributed by atoms with Gasteiger partial charge in [0.15, 0.2) is 0 Å². The highest BCUT2D eigenvalue weighted by atomic mass is 35.5. The van der Waals surface area contributed by atoms with Gasteiger partial charge in [-0.3, -0.25) is 0 Å². The van der Waals surface area contributed by atoms with E-state index >= 15 is 0 Å². The molecule has 2 nitrogen and oxygen atoms in total. The van der Waals surface area contributed by atoms with Crippen molar-refractivity contribution in [1.29, 1.82) is 0 Å². The van der Waals surface area contributed by atoms with Crippen LogP contribution in [0.5, 0.6) is 0 Å². The molecule has 1 rings (SSSR count). The van der Waals surface area contributed by atoms with Crippen LogP contribution in [0.25, 0.3) is 0 Å². The Balaban J connectivity index is 2.43. The van der Waals surface area contributed by atoms with Crippen LogP contribution in [0.4, 0.5) is 0 Å². The molecule has 0 bridgehead atoms. The van der Waals surface area contributed by atoms with Crippen molar-refractivity contribution in [2.24, 2.45) is 0 Å². The highest BCUT2D eigenvalue weighted by molar-refractivity contribution is 6.42. The summed E-state index contributed by atoms with van der Waals surface area (Å²) in [6.45, 7) is 10.3. The van der Waals surface area contributed by atoms with Crippen molar-refractivity contribution in [1.82, 2.24) is 10.6 Å². The molecule has 0 amide bonds. The average molecular weight is 289 g/mol. The fraction of sp³-hybridized carbons (Fsp3) is 0.571. The van der Waals surface area contributed by atoms with Gasteiger partial charge in [0.25, 0.3) is 0 Å². The quantitative estimate of drug-likeness (QED) is 0.860. The SMILES string of the molecule is CC(CNC(C)(C)C)NCc1cccc(Cl)c1Cl. The molecule has 4 heteroatoms. The maximum absolute atomic E-state index is 6.14. The van der Waals surface area contributed by atoms with Gasteiger partial charge in [0.05, 0.1) is 10.0 Å². The molecule has 0 fully saturated rings. The molecule has 1 unspecified atom stereocenters. The molecule has 0 radical (unpaired) electrons. The van der Waals surface area contributed by atoms with Crippen molar-refractivity contribution in [3.8, 4) is 0 Å². The van der Waals surface area contributed by atoms with Crippen LogP contribution >= 0.6 is 23.2 Å². The van der Waals surface area contributed by atoms with E-state index in [-0.39, 0.29) is 5.54 Å². The molecular formula is C14H22Cl2N2. The molecule has 0 aliphatic carbocycles. The molecule has 1 atom stereocenters. The highest BCUT2D eigenvalue weighted by Gasteiger charge is 2.11. The minimum atomic E-state index is 0.143. The van der Waals surface area contributed by atoms with Gasteiger partial charge >= 0.3 is 0 Å².